The van der Waals surface area contributed by atoms with Crippen LogP contribution in [-0.4, -0.2) is 34.8 Å². The van der Waals surface area contributed by atoms with Gasteiger partial charge in [-0.05, 0) is 57.2 Å². The van der Waals surface area contributed by atoms with Gasteiger partial charge in [0.05, 0.1) is 11.3 Å². The second kappa shape index (κ2) is 9.52. The van der Waals surface area contributed by atoms with E-state index in [0.29, 0.717) is 45.5 Å². The van der Waals surface area contributed by atoms with Gasteiger partial charge in [0.2, 0.25) is 0 Å². The van der Waals surface area contributed by atoms with Gasteiger partial charge in [-0.25, -0.2) is 4.98 Å². The summed E-state index contributed by atoms with van der Waals surface area (Å²) in [7, 11) is 0. The largest absolute Gasteiger partial charge is 0.416 e. The predicted molar refractivity (Wildman–Crippen MR) is 119 cm³/mol. The van der Waals surface area contributed by atoms with E-state index in [2.05, 4.69) is 10.3 Å². The van der Waals surface area contributed by atoms with E-state index in [1.807, 2.05) is 13.8 Å². The molecule has 0 unspecified atom stereocenters. The molecule has 0 saturated carbocycles. The molecule has 3 rings (SSSR count). The quantitative estimate of drug-likeness (QED) is 0.499. The molecule has 1 N–H and O–H groups in total. The minimum atomic E-state index is -4.41. The molecule has 0 atom stereocenters. The molecule has 2 aromatic carbocycles. The van der Waals surface area contributed by atoms with Gasteiger partial charge in [0.25, 0.3) is 11.8 Å². The number of benzene rings is 2. The summed E-state index contributed by atoms with van der Waals surface area (Å²) in [4.78, 5) is 31.5. The number of alkyl halides is 3. The third-order valence-corrected chi connectivity index (χ3v) is 6.11. The second-order valence-electron chi connectivity index (χ2n) is 7.02. The fourth-order valence-electron chi connectivity index (χ4n) is 3.11. The second-order valence-corrected chi connectivity index (χ2v) is 8.02. The van der Waals surface area contributed by atoms with Crippen LogP contribution in [0.1, 0.15) is 45.1 Å². The maximum atomic E-state index is 12.8. The molecular weight excluding hydrogens is 439 g/mol. The van der Waals surface area contributed by atoms with E-state index in [4.69, 9.17) is 0 Å². The van der Waals surface area contributed by atoms with Crippen LogP contribution in [0, 0.1) is 6.92 Å². The number of anilines is 1. The van der Waals surface area contributed by atoms with Crippen molar-refractivity contribution >= 4 is 28.8 Å². The Kier molecular flexibility index (Phi) is 6.98. The van der Waals surface area contributed by atoms with Gasteiger partial charge in [-0.15, -0.1) is 11.3 Å². The molecule has 0 fully saturated rings. The maximum absolute atomic E-state index is 12.8. The van der Waals surface area contributed by atoms with Crippen LogP contribution in [0.2, 0.25) is 0 Å². The summed E-state index contributed by atoms with van der Waals surface area (Å²) in [6.07, 6.45) is -4.41. The lowest BCUT2D eigenvalue weighted by Gasteiger charge is -2.18. The smallest absolute Gasteiger partial charge is 0.339 e. The molecule has 0 saturated heterocycles. The summed E-state index contributed by atoms with van der Waals surface area (Å²) in [6.45, 7) is 6.71. The van der Waals surface area contributed by atoms with E-state index in [1.165, 1.54) is 12.1 Å². The number of halogens is 3. The molecular formula is C23H22F3N3O2S. The molecule has 5 nitrogen and oxygen atoms in total. The molecule has 2 amide bonds. The Bertz CT molecular complexity index is 1100. The molecule has 0 bridgehead atoms. The number of hydrogen-bond acceptors (Lipinski definition) is 4. The number of nitrogens with zero attached hydrogens (tertiary/aromatic N) is 2. The van der Waals surface area contributed by atoms with Gasteiger partial charge < -0.3 is 10.2 Å². The highest BCUT2D eigenvalue weighted by atomic mass is 32.1. The molecule has 168 valence electrons. The van der Waals surface area contributed by atoms with Gasteiger partial charge in [0.15, 0.2) is 0 Å². The Morgan fingerprint density at radius 1 is 1.00 bits per heavy atom. The van der Waals surface area contributed by atoms with E-state index < -0.39 is 11.7 Å². The molecule has 0 aliphatic carbocycles. The lowest BCUT2D eigenvalue weighted by atomic mass is 10.1. The van der Waals surface area contributed by atoms with Crippen LogP contribution in [0.15, 0.2) is 48.5 Å². The van der Waals surface area contributed by atoms with Gasteiger partial charge in [-0.2, -0.15) is 13.2 Å². The monoisotopic (exact) mass is 461 g/mol. The molecule has 0 spiro atoms. The zero-order valence-corrected chi connectivity index (χ0v) is 18.6. The highest BCUT2D eigenvalue weighted by Gasteiger charge is 2.30. The first-order chi connectivity index (χ1) is 15.1. The van der Waals surface area contributed by atoms with Crippen LogP contribution < -0.4 is 5.32 Å². The van der Waals surface area contributed by atoms with Crippen LogP contribution in [0.5, 0.6) is 0 Å². The van der Waals surface area contributed by atoms with Crippen molar-refractivity contribution in [3.63, 3.8) is 0 Å². The summed E-state index contributed by atoms with van der Waals surface area (Å²) >= 11 is 1.11. The van der Waals surface area contributed by atoms with Crippen molar-refractivity contribution in [2.45, 2.75) is 26.9 Å². The number of amides is 2. The summed E-state index contributed by atoms with van der Waals surface area (Å²) in [5.41, 5.74) is 1.30. The highest BCUT2D eigenvalue weighted by molar-refractivity contribution is 7.17. The van der Waals surface area contributed by atoms with Crippen molar-refractivity contribution in [1.29, 1.82) is 0 Å². The first kappa shape index (κ1) is 23.5. The Hall–Kier alpha value is -3.20. The number of rotatable bonds is 6. The van der Waals surface area contributed by atoms with E-state index in [9.17, 15) is 22.8 Å². The van der Waals surface area contributed by atoms with Gasteiger partial charge in [0, 0.05) is 29.9 Å². The molecule has 1 heterocycles. The van der Waals surface area contributed by atoms with Crippen LogP contribution in [-0.2, 0) is 6.18 Å². The van der Waals surface area contributed by atoms with Crippen LogP contribution in [0.4, 0.5) is 18.9 Å². The van der Waals surface area contributed by atoms with Crippen molar-refractivity contribution in [2.75, 3.05) is 18.4 Å². The minimum absolute atomic E-state index is 0.0765. The van der Waals surface area contributed by atoms with Crippen LogP contribution in [0.3, 0.4) is 0 Å². The highest BCUT2D eigenvalue weighted by Crippen LogP contribution is 2.33. The van der Waals surface area contributed by atoms with Crippen molar-refractivity contribution in [3.05, 3.63) is 70.2 Å². The lowest BCUT2D eigenvalue weighted by molar-refractivity contribution is -0.137. The SMILES string of the molecule is CCN(CC)C(=O)c1ccc(NC(=O)c2sc(-c3ccc(C(F)(F)F)cc3)nc2C)cc1. The molecule has 0 aliphatic rings. The summed E-state index contributed by atoms with van der Waals surface area (Å²) in [5, 5.41) is 3.23. The third-order valence-electron chi connectivity index (χ3n) is 4.90. The molecule has 0 aliphatic heterocycles. The maximum Gasteiger partial charge on any atom is 0.416 e. The van der Waals surface area contributed by atoms with E-state index >= 15 is 0 Å². The number of thiazole rings is 1. The Morgan fingerprint density at radius 3 is 2.12 bits per heavy atom. The van der Waals surface area contributed by atoms with E-state index in [1.54, 1.807) is 36.1 Å². The normalized spacial score (nSPS) is 11.3. The molecule has 3 aromatic rings. The number of nitrogens with one attached hydrogen (secondary N) is 1. The Labute approximate surface area is 187 Å². The van der Waals surface area contributed by atoms with E-state index in [-0.39, 0.29) is 11.8 Å². The van der Waals surface area contributed by atoms with Gasteiger partial charge in [-0.1, -0.05) is 12.1 Å². The Balaban J connectivity index is 1.74. The summed E-state index contributed by atoms with van der Waals surface area (Å²) in [5.74, 6) is -0.451. The predicted octanol–water partition coefficient (Wildman–Crippen LogP) is 5.87. The van der Waals surface area contributed by atoms with E-state index in [0.717, 1.165) is 23.5 Å². The van der Waals surface area contributed by atoms with Gasteiger partial charge in [0.1, 0.15) is 9.88 Å². The Morgan fingerprint density at radius 2 is 1.59 bits per heavy atom. The van der Waals surface area contributed by atoms with Crippen molar-refractivity contribution in [2.24, 2.45) is 0 Å². The molecule has 1 aromatic heterocycles. The first-order valence-electron chi connectivity index (χ1n) is 9.99. The van der Waals surface area contributed by atoms with Crippen molar-refractivity contribution < 1.29 is 22.8 Å². The van der Waals surface area contributed by atoms with Crippen LogP contribution in [0.25, 0.3) is 10.6 Å². The average Bonchev–Trinajstić information content (AvgIpc) is 3.16. The zero-order valence-electron chi connectivity index (χ0n) is 17.8. The van der Waals surface area contributed by atoms with Crippen molar-refractivity contribution in [3.8, 4) is 10.6 Å². The summed E-state index contributed by atoms with van der Waals surface area (Å²) in [6, 6.07) is 11.3. The summed E-state index contributed by atoms with van der Waals surface area (Å²) < 4.78 is 38.3. The molecule has 9 heteroatoms. The standard InChI is InChI=1S/C23H22F3N3O2S/c1-4-29(5-2)22(31)16-8-12-18(13-9-16)28-20(30)19-14(3)27-21(32-19)15-6-10-17(11-7-15)23(24,25)26/h6-13H,4-5H2,1-3H3,(H,28,30). The fourth-order valence-corrected chi connectivity index (χ4v) is 4.08. The molecule has 0 radical (unpaired) electrons. The number of aryl methyl sites for hydroxylation is 1. The average molecular weight is 462 g/mol. The van der Waals surface area contributed by atoms with Crippen LogP contribution >= 0.6 is 11.3 Å². The fraction of sp³-hybridized carbons (Fsp3) is 0.261. The van der Waals surface area contributed by atoms with Gasteiger partial charge >= 0.3 is 6.18 Å². The molecule has 32 heavy (non-hydrogen) atoms. The number of carbonyl (C=O) groups excluding carboxylic acids is 2. The number of carbonyl (C=O) groups is 2. The lowest BCUT2D eigenvalue weighted by Crippen LogP contribution is -2.30. The number of aromatic nitrogens is 1. The first-order valence-corrected chi connectivity index (χ1v) is 10.8. The third kappa shape index (κ3) is 5.16. The van der Waals surface area contributed by atoms with Gasteiger partial charge in [-0.3, -0.25) is 9.59 Å². The minimum Gasteiger partial charge on any atom is -0.339 e. The topological polar surface area (TPSA) is 62.3 Å². The zero-order chi connectivity index (χ0) is 23.5. The van der Waals surface area contributed by atoms with Crippen molar-refractivity contribution in [1.82, 2.24) is 9.88 Å². The number of hydrogen-bond donors (Lipinski definition) is 1.